The van der Waals surface area contributed by atoms with E-state index >= 15 is 0 Å². The van der Waals surface area contributed by atoms with E-state index in [0.29, 0.717) is 5.56 Å². The van der Waals surface area contributed by atoms with Gasteiger partial charge >= 0.3 is 5.97 Å². The summed E-state index contributed by atoms with van der Waals surface area (Å²) in [7, 11) is 0. The number of ketones is 1. The zero-order valence-electron chi connectivity index (χ0n) is 11.7. The van der Waals surface area contributed by atoms with E-state index in [1.807, 2.05) is 6.07 Å². The van der Waals surface area contributed by atoms with Gasteiger partial charge in [-0.3, -0.25) is 9.78 Å². The predicted octanol–water partition coefficient (Wildman–Crippen LogP) is 2.91. The van der Waals surface area contributed by atoms with Crippen LogP contribution < -0.4 is 0 Å². The van der Waals surface area contributed by atoms with Crippen molar-refractivity contribution in [2.75, 3.05) is 6.61 Å². The second kappa shape index (κ2) is 7.14. The fourth-order valence-electron chi connectivity index (χ4n) is 1.80. The Morgan fingerprint density at radius 2 is 1.76 bits per heavy atom. The molecule has 4 heteroatoms. The zero-order chi connectivity index (χ0) is 15.1. The summed E-state index contributed by atoms with van der Waals surface area (Å²) in [6, 6.07) is 12.1. The van der Waals surface area contributed by atoms with Crippen molar-refractivity contribution in [2.45, 2.75) is 6.92 Å². The molecule has 0 bridgehead atoms. The number of pyridine rings is 1. The summed E-state index contributed by atoms with van der Waals surface area (Å²) in [5, 5.41) is 0. The Morgan fingerprint density at radius 3 is 2.38 bits per heavy atom. The molecule has 0 radical (unpaired) electrons. The minimum atomic E-state index is -0.622. The molecule has 0 saturated heterocycles. The first-order valence-corrected chi connectivity index (χ1v) is 6.61. The largest absolute Gasteiger partial charge is 0.462 e. The van der Waals surface area contributed by atoms with Gasteiger partial charge < -0.3 is 4.74 Å². The molecule has 106 valence electrons. The Hall–Kier alpha value is -2.75. The summed E-state index contributed by atoms with van der Waals surface area (Å²) >= 11 is 0. The molecule has 0 aliphatic carbocycles. The van der Waals surface area contributed by atoms with Crippen LogP contribution in [0.3, 0.4) is 0 Å². The molecule has 2 rings (SSSR count). The van der Waals surface area contributed by atoms with E-state index in [-0.39, 0.29) is 18.0 Å². The standard InChI is InChI=1S/C17H15NO3/c1-2-21-17(20)15(12-13-8-10-18-11-9-13)16(19)14-6-4-3-5-7-14/h3-12H,2H2,1H3/b15-12+. The van der Waals surface area contributed by atoms with Gasteiger partial charge in [-0.2, -0.15) is 0 Å². The maximum absolute atomic E-state index is 12.5. The number of ether oxygens (including phenoxy) is 1. The van der Waals surface area contributed by atoms with Crippen LogP contribution in [-0.4, -0.2) is 23.3 Å². The topological polar surface area (TPSA) is 56.3 Å². The van der Waals surface area contributed by atoms with Gasteiger partial charge in [-0.1, -0.05) is 30.3 Å². The van der Waals surface area contributed by atoms with Gasteiger partial charge in [-0.15, -0.1) is 0 Å². The van der Waals surface area contributed by atoms with Gasteiger partial charge in [0, 0.05) is 18.0 Å². The highest BCUT2D eigenvalue weighted by Crippen LogP contribution is 2.14. The molecular weight excluding hydrogens is 266 g/mol. The van der Waals surface area contributed by atoms with Crippen molar-refractivity contribution in [3.63, 3.8) is 0 Å². The lowest BCUT2D eigenvalue weighted by Gasteiger charge is -2.06. The van der Waals surface area contributed by atoms with Crippen LogP contribution in [-0.2, 0) is 9.53 Å². The average molecular weight is 281 g/mol. The molecule has 4 nitrogen and oxygen atoms in total. The van der Waals surface area contributed by atoms with Gasteiger partial charge in [0.1, 0.15) is 5.57 Å². The Kier molecular flexibility index (Phi) is 4.99. The third kappa shape index (κ3) is 3.86. The number of Topliss-reactive ketones (excluding diaryl/α,β-unsaturated/α-hetero) is 1. The quantitative estimate of drug-likeness (QED) is 0.278. The second-order valence-electron chi connectivity index (χ2n) is 4.25. The SMILES string of the molecule is CCOC(=O)/C(=C/c1ccncc1)C(=O)c1ccccc1. The van der Waals surface area contributed by atoms with Crippen molar-refractivity contribution in [1.29, 1.82) is 0 Å². The van der Waals surface area contributed by atoms with E-state index in [0.717, 1.165) is 5.56 Å². The summed E-state index contributed by atoms with van der Waals surface area (Å²) in [5.41, 5.74) is 1.18. The summed E-state index contributed by atoms with van der Waals surface area (Å²) in [6.07, 6.45) is 4.72. The van der Waals surface area contributed by atoms with E-state index in [4.69, 9.17) is 4.74 Å². The third-order valence-electron chi connectivity index (χ3n) is 2.79. The maximum Gasteiger partial charge on any atom is 0.342 e. The smallest absolute Gasteiger partial charge is 0.342 e. The van der Waals surface area contributed by atoms with E-state index in [1.54, 1.807) is 55.7 Å². The third-order valence-corrected chi connectivity index (χ3v) is 2.79. The van der Waals surface area contributed by atoms with E-state index < -0.39 is 5.97 Å². The molecule has 0 saturated carbocycles. The first-order valence-electron chi connectivity index (χ1n) is 6.61. The van der Waals surface area contributed by atoms with Crippen LogP contribution in [0.2, 0.25) is 0 Å². The average Bonchev–Trinajstić information content (AvgIpc) is 2.54. The van der Waals surface area contributed by atoms with Crippen LogP contribution in [0.5, 0.6) is 0 Å². The highest BCUT2D eigenvalue weighted by molar-refractivity contribution is 6.26. The van der Waals surface area contributed by atoms with Gasteiger partial charge in [0.05, 0.1) is 6.61 Å². The van der Waals surface area contributed by atoms with Gasteiger partial charge in [0.15, 0.2) is 5.78 Å². The number of aromatic nitrogens is 1. The van der Waals surface area contributed by atoms with Gasteiger partial charge in [0.2, 0.25) is 0 Å². The van der Waals surface area contributed by atoms with Crippen LogP contribution in [0.15, 0.2) is 60.4 Å². The fraction of sp³-hybridized carbons (Fsp3) is 0.118. The summed E-state index contributed by atoms with van der Waals surface area (Å²) < 4.78 is 4.98. The molecule has 0 N–H and O–H groups in total. The molecule has 0 aliphatic rings. The van der Waals surface area contributed by atoms with Gasteiger partial charge in [-0.05, 0) is 30.7 Å². The van der Waals surface area contributed by atoms with Crippen molar-refractivity contribution in [2.24, 2.45) is 0 Å². The van der Waals surface area contributed by atoms with Crippen molar-refractivity contribution in [3.05, 3.63) is 71.6 Å². The monoisotopic (exact) mass is 281 g/mol. The first kappa shape index (κ1) is 14.7. The number of benzene rings is 1. The molecule has 21 heavy (non-hydrogen) atoms. The van der Waals surface area contributed by atoms with Crippen molar-refractivity contribution in [1.82, 2.24) is 4.98 Å². The number of esters is 1. The van der Waals surface area contributed by atoms with Crippen LogP contribution in [0, 0.1) is 0 Å². The molecule has 0 unspecified atom stereocenters. The minimum Gasteiger partial charge on any atom is -0.462 e. The summed E-state index contributed by atoms with van der Waals surface area (Å²) in [4.78, 5) is 28.4. The Balaban J connectivity index is 2.40. The molecule has 2 aromatic rings. The fourth-order valence-corrected chi connectivity index (χ4v) is 1.80. The number of rotatable bonds is 5. The molecule has 1 aromatic carbocycles. The number of hydrogen-bond acceptors (Lipinski definition) is 4. The first-order chi connectivity index (χ1) is 10.2. The molecule has 0 amide bonds. The molecule has 0 atom stereocenters. The van der Waals surface area contributed by atoms with Crippen molar-refractivity contribution >= 4 is 17.8 Å². The Morgan fingerprint density at radius 1 is 1.10 bits per heavy atom. The maximum atomic E-state index is 12.5. The highest BCUT2D eigenvalue weighted by Gasteiger charge is 2.20. The van der Waals surface area contributed by atoms with Gasteiger partial charge in [-0.25, -0.2) is 4.79 Å². The van der Waals surface area contributed by atoms with Crippen LogP contribution in [0.25, 0.3) is 6.08 Å². The summed E-state index contributed by atoms with van der Waals surface area (Å²) in [6.45, 7) is 1.92. The Bertz CT molecular complexity index is 648. The lowest BCUT2D eigenvalue weighted by Crippen LogP contribution is -2.16. The summed E-state index contributed by atoms with van der Waals surface area (Å²) in [5.74, 6) is -0.978. The van der Waals surface area contributed by atoms with Crippen LogP contribution >= 0.6 is 0 Å². The molecular formula is C17H15NO3. The molecule has 0 fully saturated rings. The molecule has 0 spiro atoms. The molecule has 0 aliphatic heterocycles. The lowest BCUT2D eigenvalue weighted by atomic mass is 10.0. The van der Waals surface area contributed by atoms with Gasteiger partial charge in [0.25, 0.3) is 0 Å². The molecule has 1 heterocycles. The van der Waals surface area contributed by atoms with Crippen LogP contribution in [0.1, 0.15) is 22.8 Å². The number of hydrogen-bond donors (Lipinski definition) is 0. The Labute approximate surface area is 123 Å². The zero-order valence-corrected chi connectivity index (χ0v) is 11.7. The number of nitrogens with zero attached hydrogens (tertiary/aromatic N) is 1. The number of carbonyl (C=O) groups excluding carboxylic acids is 2. The number of carbonyl (C=O) groups is 2. The van der Waals surface area contributed by atoms with Crippen molar-refractivity contribution < 1.29 is 14.3 Å². The molecule has 1 aromatic heterocycles. The lowest BCUT2D eigenvalue weighted by molar-refractivity contribution is -0.137. The predicted molar refractivity (Wildman–Crippen MR) is 79.6 cm³/mol. The van der Waals surface area contributed by atoms with Crippen LogP contribution in [0.4, 0.5) is 0 Å². The highest BCUT2D eigenvalue weighted by atomic mass is 16.5. The van der Waals surface area contributed by atoms with E-state index in [9.17, 15) is 9.59 Å². The second-order valence-corrected chi connectivity index (χ2v) is 4.25. The normalized spacial score (nSPS) is 11.0. The van der Waals surface area contributed by atoms with E-state index in [1.165, 1.54) is 6.08 Å². The van der Waals surface area contributed by atoms with E-state index in [2.05, 4.69) is 4.98 Å². The minimum absolute atomic E-state index is 0.00856. The van der Waals surface area contributed by atoms with Crippen molar-refractivity contribution in [3.8, 4) is 0 Å².